The SMILES string of the molecule is C#CCn1c(CCC)nc(-c2ccc(C)c(F)c2)c1N. The Hall–Kier alpha value is -2.28. The third-order valence-electron chi connectivity index (χ3n) is 3.25. The second kappa shape index (κ2) is 5.79. The molecule has 20 heavy (non-hydrogen) atoms. The monoisotopic (exact) mass is 271 g/mol. The van der Waals surface area contributed by atoms with Crippen molar-refractivity contribution in [2.75, 3.05) is 5.73 Å². The molecule has 0 radical (unpaired) electrons. The lowest BCUT2D eigenvalue weighted by atomic mass is 10.1. The van der Waals surface area contributed by atoms with Crippen LogP contribution in [0.3, 0.4) is 0 Å². The van der Waals surface area contributed by atoms with Gasteiger partial charge in [-0.3, -0.25) is 0 Å². The van der Waals surface area contributed by atoms with Gasteiger partial charge >= 0.3 is 0 Å². The number of hydrogen-bond acceptors (Lipinski definition) is 2. The van der Waals surface area contributed by atoms with E-state index in [1.807, 2.05) is 10.6 Å². The summed E-state index contributed by atoms with van der Waals surface area (Å²) in [4.78, 5) is 4.53. The van der Waals surface area contributed by atoms with Crippen molar-refractivity contribution in [2.45, 2.75) is 33.2 Å². The molecule has 0 aliphatic rings. The van der Waals surface area contributed by atoms with Gasteiger partial charge in [-0.25, -0.2) is 9.37 Å². The van der Waals surface area contributed by atoms with Gasteiger partial charge in [0.1, 0.15) is 23.2 Å². The maximum atomic E-state index is 13.7. The van der Waals surface area contributed by atoms with E-state index in [9.17, 15) is 4.39 Å². The van der Waals surface area contributed by atoms with E-state index >= 15 is 0 Å². The van der Waals surface area contributed by atoms with Crippen LogP contribution in [0.15, 0.2) is 18.2 Å². The van der Waals surface area contributed by atoms with Crippen molar-refractivity contribution in [3.63, 3.8) is 0 Å². The van der Waals surface area contributed by atoms with E-state index < -0.39 is 0 Å². The average Bonchev–Trinajstić information content (AvgIpc) is 2.72. The summed E-state index contributed by atoms with van der Waals surface area (Å²) < 4.78 is 15.5. The van der Waals surface area contributed by atoms with E-state index in [1.54, 1.807) is 13.0 Å². The largest absolute Gasteiger partial charge is 0.383 e. The van der Waals surface area contributed by atoms with Crippen LogP contribution in [0, 0.1) is 25.1 Å². The Morgan fingerprint density at radius 1 is 1.45 bits per heavy atom. The number of aromatic nitrogens is 2. The van der Waals surface area contributed by atoms with E-state index in [0.29, 0.717) is 29.2 Å². The van der Waals surface area contributed by atoms with Crippen LogP contribution in [0.1, 0.15) is 24.7 Å². The Morgan fingerprint density at radius 2 is 2.20 bits per heavy atom. The van der Waals surface area contributed by atoms with Crippen molar-refractivity contribution in [3.8, 4) is 23.6 Å². The molecule has 0 bridgehead atoms. The topological polar surface area (TPSA) is 43.8 Å². The minimum atomic E-state index is -0.259. The fraction of sp³-hybridized carbons (Fsp3) is 0.312. The van der Waals surface area contributed by atoms with Gasteiger partial charge in [0, 0.05) is 12.0 Å². The number of rotatable bonds is 4. The molecule has 1 heterocycles. The lowest BCUT2D eigenvalue weighted by molar-refractivity contribution is 0.619. The van der Waals surface area contributed by atoms with E-state index in [1.165, 1.54) is 6.07 Å². The molecule has 0 fully saturated rings. The number of nitrogen functional groups attached to an aromatic ring is 1. The van der Waals surface area contributed by atoms with Crippen LogP contribution in [-0.2, 0) is 13.0 Å². The Kier molecular flexibility index (Phi) is 4.09. The molecular weight excluding hydrogens is 253 g/mol. The maximum Gasteiger partial charge on any atom is 0.132 e. The normalized spacial score (nSPS) is 10.5. The van der Waals surface area contributed by atoms with E-state index in [2.05, 4.69) is 17.8 Å². The molecule has 2 N–H and O–H groups in total. The molecular formula is C16H18FN3. The number of benzene rings is 1. The van der Waals surface area contributed by atoms with Gasteiger partial charge in [-0.15, -0.1) is 6.42 Å². The summed E-state index contributed by atoms with van der Waals surface area (Å²) in [5.74, 6) is 3.66. The molecule has 0 aliphatic heterocycles. The van der Waals surface area contributed by atoms with Gasteiger partial charge in [-0.05, 0) is 25.0 Å². The zero-order valence-electron chi connectivity index (χ0n) is 11.8. The molecule has 0 atom stereocenters. The fourth-order valence-corrected chi connectivity index (χ4v) is 2.15. The van der Waals surface area contributed by atoms with E-state index in [-0.39, 0.29) is 5.82 Å². The highest BCUT2D eigenvalue weighted by molar-refractivity contribution is 5.71. The van der Waals surface area contributed by atoms with Crippen molar-refractivity contribution in [3.05, 3.63) is 35.4 Å². The molecule has 0 aliphatic carbocycles. The predicted octanol–water partition coefficient (Wildman–Crippen LogP) is 3.17. The predicted molar refractivity (Wildman–Crippen MR) is 79.6 cm³/mol. The van der Waals surface area contributed by atoms with Gasteiger partial charge < -0.3 is 10.3 Å². The van der Waals surface area contributed by atoms with Crippen LogP contribution < -0.4 is 5.73 Å². The van der Waals surface area contributed by atoms with Gasteiger partial charge in [0.15, 0.2) is 0 Å². The van der Waals surface area contributed by atoms with Crippen LogP contribution in [0.5, 0.6) is 0 Å². The standard InChI is InChI=1S/C16H18FN3/c1-4-6-14-19-15(16(18)20(14)9-5-2)12-8-7-11(3)13(17)10-12/h2,7-8,10H,4,6,9,18H2,1,3H3. The number of nitrogens with zero attached hydrogens (tertiary/aromatic N) is 2. The first-order valence-corrected chi connectivity index (χ1v) is 6.63. The van der Waals surface area contributed by atoms with Crippen molar-refractivity contribution in [1.29, 1.82) is 0 Å². The first-order chi connectivity index (χ1) is 9.58. The summed E-state index contributed by atoms with van der Waals surface area (Å²) in [6.07, 6.45) is 7.11. The molecule has 0 saturated heterocycles. The second-order valence-electron chi connectivity index (χ2n) is 4.77. The highest BCUT2D eigenvalue weighted by atomic mass is 19.1. The second-order valence-corrected chi connectivity index (χ2v) is 4.77. The molecule has 1 aromatic carbocycles. The zero-order chi connectivity index (χ0) is 14.7. The molecule has 2 aromatic rings. The summed E-state index contributed by atoms with van der Waals surface area (Å²) in [6, 6.07) is 5.01. The Labute approximate surface area is 118 Å². The number of halogens is 1. The first kappa shape index (κ1) is 14.1. The van der Waals surface area contributed by atoms with Crippen molar-refractivity contribution in [1.82, 2.24) is 9.55 Å². The Bertz CT molecular complexity index is 665. The van der Waals surface area contributed by atoms with Crippen molar-refractivity contribution < 1.29 is 4.39 Å². The van der Waals surface area contributed by atoms with E-state index in [4.69, 9.17) is 12.2 Å². The first-order valence-electron chi connectivity index (χ1n) is 6.63. The Balaban J connectivity index is 2.54. The highest BCUT2D eigenvalue weighted by Gasteiger charge is 2.15. The molecule has 3 nitrogen and oxygen atoms in total. The maximum absolute atomic E-state index is 13.7. The summed E-state index contributed by atoms with van der Waals surface area (Å²) in [5.41, 5.74) is 8.00. The summed E-state index contributed by atoms with van der Waals surface area (Å²) in [6.45, 7) is 4.17. The molecule has 0 unspecified atom stereocenters. The quantitative estimate of drug-likeness (QED) is 0.868. The number of terminal acetylenes is 1. The minimum Gasteiger partial charge on any atom is -0.383 e. The van der Waals surface area contributed by atoms with Gasteiger partial charge in [0.05, 0.1) is 6.54 Å². The zero-order valence-corrected chi connectivity index (χ0v) is 11.8. The lowest BCUT2D eigenvalue weighted by Gasteiger charge is -2.05. The van der Waals surface area contributed by atoms with Gasteiger partial charge in [0.25, 0.3) is 0 Å². The number of hydrogen-bond donors (Lipinski definition) is 1. The van der Waals surface area contributed by atoms with Crippen molar-refractivity contribution in [2.24, 2.45) is 0 Å². The lowest BCUT2D eigenvalue weighted by Crippen LogP contribution is -2.06. The third kappa shape index (κ3) is 2.53. The summed E-state index contributed by atoms with van der Waals surface area (Å²) >= 11 is 0. The van der Waals surface area contributed by atoms with Crippen LogP contribution in [0.4, 0.5) is 10.2 Å². The third-order valence-corrected chi connectivity index (χ3v) is 3.25. The van der Waals surface area contributed by atoms with Crippen molar-refractivity contribution >= 4 is 5.82 Å². The van der Waals surface area contributed by atoms with E-state index in [0.717, 1.165) is 18.7 Å². The molecule has 104 valence electrons. The fourth-order valence-electron chi connectivity index (χ4n) is 2.15. The number of nitrogens with two attached hydrogens (primary N) is 1. The molecule has 1 aromatic heterocycles. The van der Waals surface area contributed by atoms with Gasteiger partial charge in [-0.1, -0.05) is 25.0 Å². The molecule has 0 spiro atoms. The average molecular weight is 271 g/mol. The summed E-state index contributed by atoms with van der Waals surface area (Å²) in [7, 11) is 0. The summed E-state index contributed by atoms with van der Waals surface area (Å²) in [5, 5.41) is 0. The van der Waals surface area contributed by atoms with Crippen LogP contribution >= 0.6 is 0 Å². The van der Waals surface area contributed by atoms with Gasteiger partial charge in [-0.2, -0.15) is 0 Å². The van der Waals surface area contributed by atoms with Crippen LogP contribution in [0.25, 0.3) is 11.3 Å². The minimum absolute atomic E-state index is 0.259. The number of aryl methyl sites for hydroxylation is 2. The van der Waals surface area contributed by atoms with Crippen LogP contribution in [0.2, 0.25) is 0 Å². The molecule has 4 heteroatoms. The molecule has 2 rings (SSSR count). The molecule has 0 amide bonds. The number of anilines is 1. The number of imidazole rings is 1. The smallest absolute Gasteiger partial charge is 0.132 e. The molecule has 0 saturated carbocycles. The van der Waals surface area contributed by atoms with Crippen LogP contribution in [-0.4, -0.2) is 9.55 Å². The van der Waals surface area contributed by atoms with Gasteiger partial charge in [0.2, 0.25) is 0 Å². The Morgan fingerprint density at radius 3 is 2.80 bits per heavy atom. The highest BCUT2D eigenvalue weighted by Crippen LogP contribution is 2.28.